The van der Waals surface area contributed by atoms with Gasteiger partial charge in [-0.1, -0.05) is 11.3 Å². The summed E-state index contributed by atoms with van der Waals surface area (Å²) in [6, 6.07) is 1.47. The van der Waals surface area contributed by atoms with Crippen molar-refractivity contribution in [3.05, 3.63) is 40.0 Å². The van der Waals surface area contributed by atoms with Crippen LogP contribution in [0.5, 0.6) is 0 Å². The second-order valence-corrected chi connectivity index (χ2v) is 12.1. The molecule has 3 aromatic rings. The highest BCUT2D eigenvalue weighted by atomic mass is 32.1. The molecule has 5 rings (SSSR count). The van der Waals surface area contributed by atoms with E-state index in [4.69, 9.17) is 5.11 Å². The summed E-state index contributed by atoms with van der Waals surface area (Å²) in [7, 11) is 0. The molecule has 1 amide bonds. The number of carboxylic acid groups (broad SMARTS) is 1. The van der Waals surface area contributed by atoms with Crippen LogP contribution >= 0.6 is 22.7 Å². The van der Waals surface area contributed by atoms with E-state index in [2.05, 4.69) is 37.0 Å². The predicted molar refractivity (Wildman–Crippen MR) is 150 cm³/mol. The lowest BCUT2D eigenvalue weighted by Gasteiger charge is -2.34. The molecule has 0 aromatic carbocycles. The van der Waals surface area contributed by atoms with E-state index in [1.807, 2.05) is 4.90 Å². The number of halogens is 3. The zero-order chi connectivity index (χ0) is 29.1. The number of hydrogen-bond acceptors (Lipinski definition) is 10. The first-order valence-corrected chi connectivity index (χ1v) is 15.0. The molecule has 0 spiro atoms. The molecule has 10 nitrogen and oxygen atoms in total. The number of rotatable bonds is 9. The van der Waals surface area contributed by atoms with Gasteiger partial charge in [0.1, 0.15) is 11.5 Å². The Morgan fingerprint density at radius 2 is 1.93 bits per heavy atom. The van der Waals surface area contributed by atoms with E-state index in [1.165, 1.54) is 23.7 Å². The molecule has 3 aromatic heterocycles. The smallest absolute Gasteiger partial charge is 0.417 e. The number of carboxylic acids is 1. The second-order valence-electron chi connectivity index (χ2n) is 10.1. The fourth-order valence-corrected chi connectivity index (χ4v) is 6.94. The van der Waals surface area contributed by atoms with Gasteiger partial charge in [0.05, 0.1) is 34.9 Å². The largest absolute Gasteiger partial charge is 0.481 e. The van der Waals surface area contributed by atoms with Crippen molar-refractivity contribution >= 4 is 45.5 Å². The number of hydrogen-bond donors (Lipinski definition) is 2. The summed E-state index contributed by atoms with van der Waals surface area (Å²) in [4.78, 5) is 44.6. The molecule has 2 fully saturated rings. The van der Waals surface area contributed by atoms with Crippen LogP contribution in [0.2, 0.25) is 0 Å². The van der Waals surface area contributed by atoms with Crippen molar-refractivity contribution in [3.8, 4) is 10.6 Å². The Bertz CT molecular complexity index is 1370. The van der Waals surface area contributed by atoms with Crippen LogP contribution in [0, 0.1) is 0 Å². The molecular formula is C26H30F3N7O3S2. The van der Waals surface area contributed by atoms with E-state index in [0.717, 1.165) is 47.0 Å². The number of carbonyl (C=O) groups excluding carboxylic acids is 1. The van der Waals surface area contributed by atoms with E-state index in [1.54, 1.807) is 0 Å². The van der Waals surface area contributed by atoms with Gasteiger partial charge in [0, 0.05) is 55.6 Å². The number of aromatic nitrogens is 3. The molecular weight excluding hydrogens is 579 g/mol. The van der Waals surface area contributed by atoms with Crippen LogP contribution in [0.1, 0.15) is 47.1 Å². The first-order chi connectivity index (χ1) is 19.6. The third-order valence-electron chi connectivity index (χ3n) is 7.32. The molecule has 15 heteroatoms. The molecule has 220 valence electrons. The number of nitrogens with one attached hydrogen (secondary N) is 1. The molecule has 1 atom stereocenters. The minimum Gasteiger partial charge on any atom is -0.481 e. The number of likely N-dealkylation sites (tertiary alicyclic amines) is 1. The summed E-state index contributed by atoms with van der Waals surface area (Å²) in [5.74, 6) is -0.706. The summed E-state index contributed by atoms with van der Waals surface area (Å²) < 4.78 is 39.8. The number of anilines is 2. The first-order valence-electron chi connectivity index (χ1n) is 13.3. The van der Waals surface area contributed by atoms with Crippen LogP contribution in [0.3, 0.4) is 0 Å². The van der Waals surface area contributed by atoms with Crippen LogP contribution in [-0.2, 0) is 17.5 Å². The van der Waals surface area contributed by atoms with Gasteiger partial charge in [0.25, 0.3) is 5.91 Å². The number of carbonyl (C=O) groups is 2. The molecule has 2 N–H and O–H groups in total. The molecule has 2 aliphatic heterocycles. The molecule has 41 heavy (non-hydrogen) atoms. The minimum absolute atomic E-state index is 0.0933. The van der Waals surface area contributed by atoms with Gasteiger partial charge in [-0.05, 0) is 32.4 Å². The van der Waals surface area contributed by atoms with E-state index in [9.17, 15) is 22.8 Å². The number of piperazine rings is 1. The number of amides is 1. The van der Waals surface area contributed by atoms with E-state index < -0.39 is 23.6 Å². The molecule has 0 bridgehead atoms. The van der Waals surface area contributed by atoms with Gasteiger partial charge in [-0.25, -0.2) is 15.0 Å². The lowest BCUT2D eigenvalue weighted by molar-refractivity contribution is -0.138. The summed E-state index contributed by atoms with van der Waals surface area (Å²) >= 11 is 2.24. The van der Waals surface area contributed by atoms with Gasteiger partial charge in [-0.3, -0.25) is 24.7 Å². The minimum atomic E-state index is -4.44. The highest BCUT2D eigenvalue weighted by molar-refractivity contribution is 7.17. The molecule has 0 radical (unpaired) electrons. The zero-order valence-corrected chi connectivity index (χ0v) is 24.0. The zero-order valence-electron chi connectivity index (χ0n) is 22.4. The maximum Gasteiger partial charge on any atom is 0.417 e. The van der Waals surface area contributed by atoms with Gasteiger partial charge < -0.3 is 10.0 Å². The van der Waals surface area contributed by atoms with Gasteiger partial charge in [-0.15, -0.1) is 11.3 Å². The third kappa shape index (κ3) is 7.20. The summed E-state index contributed by atoms with van der Waals surface area (Å²) in [5, 5.41) is 13.0. The Labute approximate surface area is 242 Å². The Hall–Kier alpha value is -3.14. The van der Waals surface area contributed by atoms with Gasteiger partial charge in [0.2, 0.25) is 0 Å². The van der Waals surface area contributed by atoms with E-state index in [0.29, 0.717) is 61.7 Å². The van der Waals surface area contributed by atoms with Crippen LogP contribution in [-0.4, -0.2) is 87.0 Å². The fraction of sp³-hybridized carbons (Fsp3) is 0.500. The standard InChI is InChI=1S/C26H30F3N7O3S2/c1-16-3-2-5-36(16)14-20-23(19-11-17(15-40-19)26(27,28)29)32-25(41-20)33-24(39)18-12-31-21(13-30-18)35-9-7-34(8-10-35)6-4-22(37)38/h11-13,15-16H,2-10,14H2,1H3,(H,37,38)(H,32,33,39). The highest BCUT2D eigenvalue weighted by Crippen LogP contribution is 2.40. The van der Waals surface area contributed by atoms with Crippen LogP contribution in [0.15, 0.2) is 23.8 Å². The van der Waals surface area contributed by atoms with Crippen molar-refractivity contribution in [1.29, 1.82) is 0 Å². The average molecular weight is 610 g/mol. The van der Waals surface area contributed by atoms with E-state index >= 15 is 0 Å². The van der Waals surface area contributed by atoms with Gasteiger partial charge in [-0.2, -0.15) is 13.2 Å². The van der Waals surface area contributed by atoms with Crippen molar-refractivity contribution in [2.24, 2.45) is 0 Å². The molecule has 2 saturated heterocycles. The number of nitrogens with zero attached hydrogens (tertiary/aromatic N) is 6. The maximum absolute atomic E-state index is 13.3. The summed E-state index contributed by atoms with van der Waals surface area (Å²) in [6.07, 6.45) is 0.696. The summed E-state index contributed by atoms with van der Waals surface area (Å²) in [6.45, 7) is 6.82. The monoisotopic (exact) mass is 609 g/mol. The molecule has 0 aliphatic carbocycles. The Morgan fingerprint density at radius 1 is 1.15 bits per heavy atom. The Balaban J connectivity index is 1.27. The SMILES string of the molecule is CC1CCCN1Cc1sc(NC(=O)c2cnc(N3CCN(CCC(=O)O)CC3)cn2)nc1-c1cc(C(F)(F)F)cs1. The number of thiazole rings is 1. The van der Waals surface area contributed by atoms with Gasteiger partial charge in [0.15, 0.2) is 5.13 Å². The normalized spacial score (nSPS) is 18.6. The predicted octanol–water partition coefficient (Wildman–Crippen LogP) is 4.51. The third-order valence-corrected chi connectivity index (χ3v) is 9.22. The molecule has 5 heterocycles. The molecule has 0 saturated carbocycles. The lowest BCUT2D eigenvalue weighted by Crippen LogP contribution is -2.47. The number of aliphatic carboxylic acids is 1. The topological polar surface area (TPSA) is 115 Å². The number of thiophene rings is 1. The molecule has 2 aliphatic rings. The first kappa shape index (κ1) is 29.4. The van der Waals surface area contributed by atoms with Crippen LogP contribution in [0.4, 0.5) is 24.1 Å². The maximum atomic E-state index is 13.3. The van der Waals surface area contributed by atoms with Crippen molar-refractivity contribution in [2.75, 3.05) is 49.5 Å². The van der Waals surface area contributed by atoms with E-state index in [-0.39, 0.29) is 17.2 Å². The van der Waals surface area contributed by atoms with Crippen LogP contribution in [0.25, 0.3) is 10.6 Å². The Kier molecular flexibility index (Phi) is 8.87. The average Bonchev–Trinajstić information content (AvgIpc) is 3.68. The highest BCUT2D eigenvalue weighted by Gasteiger charge is 2.33. The Morgan fingerprint density at radius 3 is 2.54 bits per heavy atom. The van der Waals surface area contributed by atoms with Crippen molar-refractivity contribution in [3.63, 3.8) is 0 Å². The summed E-state index contributed by atoms with van der Waals surface area (Å²) in [5.41, 5.74) is -0.168. The quantitative estimate of drug-likeness (QED) is 0.362. The number of alkyl halides is 3. The molecule has 1 unspecified atom stereocenters. The van der Waals surface area contributed by atoms with Crippen molar-refractivity contribution in [2.45, 2.75) is 44.9 Å². The second kappa shape index (κ2) is 12.4. The lowest BCUT2D eigenvalue weighted by atomic mass is 10.2. The fourth-order valence-electron chi connectivity index (χ4n) is 4.94. The van der Waals surface area contributed by atoms with Gasteiger partial charge >= 0.3 is 12.1 Å². The van der Waals surface area contributed by atoms with Crippen molar-refractivity contribution in [1.82, 2.24) is 24.8 Å². The van der Waals surface area contributed by atoms with Crippen LogP contribution < -0.4 is 10.2 Å². The van der Waals surface area contributed by atoms with Crippen molar-refractivity contribution < 1.29 is 27.9 Å².